The first-order valence-electron chi connectivity index (χ1n) is 9.06. The van der Waals surface area contributed by atoms with Gasteiger partial charge in [0.1, 0.15) is 0 Å². The number of amides is 1. The average Bonchev–Trinajstić information content (AvgIpc) is 3.04. The summed E-state index contributed by atoms with van der Waals surface area (Å²) < 4.78 is 1.28. The number of carbonyl (C=O) groups excluding carboxylic acids is 1. The number of nitrogens with zero attached hydrogens (tertiary/aromatic N) is 2. The molecule has 1 aromatic carbocycles. The molecule has 24 heavy (non-hydrogen) atoms. The van der Waals surface area contributed by atoms with Crippen LogP contribution in [0.4, 0.5) is 0 Å². The molecular formula is C19H27N3OS. The van der Waals surface area contributed by atoms with Crippen LogP contribution in [-0.2, 0) is 4.79 Å². The molecule has 2 heterocycles. The minimum absolute atomic E-state index is 0.169. The molecule has 0 saturated carbocycles. The molecule has 1 N–H and O–H groups in total. The standard InChI is InChI=1S/C19H27N3OS/c1-3-15(4-2)20-18(23)13-22-11-9-14(10-12-22)19-21-16-7-5-6-8-17(16)24-19/h5-8,14-15H,3-4,9-13H2,1-2H3,(H,20,23). The number of aromatic nitrogens is 1. The Labute approximate surface area is 148 Å². The van der Waals surface area contributed by atoms with Crippen molar-refractivity contribution < 1.29 is 4.79 Å². The molecule has 0 atom stereocenters. The van der Waals surface area contributed by atoms with Gasteiger partial charge in [-0.25, -0.2) is 4.98 Å². The molecule has 1 saturated heterocycles. The summed E-state index contributed by atoms with van der Waals surface area (Å²) in [5.41, 5.74) is 1.12. The van der Waals surface area contributed by atoms with Gasteiger partial charge in [0.25, 0.3) is 0 Å². The van der Waals surface area contributed by atoms with Crippen molar-refractivity contribution in [3.63, 3.8) is 0 Å². The third kappa shape index (κ3) is 4.14. The number of hydrogen-bond acceptors (Lipinski definition) is 4. The van der Waals surface area contributed by atoms with Gasteiger partial charge in [-0.2, -0.15) is 0 Å². The van der Waals surface area contributed by atoms with Gasteiger partial charge in [-0.05, 0) is 50.9 Å². The molecule has 0 spiro atoms. The van der Waals surface area contributed by atoms with E-state index in [1.807, 2.05) is 17.4 Å². The van der Waals surface area contributed by atoms with Crippen molar-refractivity contribution in [2.24, 2.45) is 0 Å². The number of para-hydroxylation sites is 1. The van der Waals surface area contributed by atoms with Crippen molar-refractivity contribution in [3.8, 4) is 0 Å². The van der Waals surface area contributed by atoms with Crippen molar-refractivity contribution >= 4 is 27.5 Å². The molecule has 1 aliphatic heterocycles. The Hall–Kier alpha value is -1.46. The quantitative estimate of drug-likeness (QED) is 0.866. The van der Waals surface area contributed by atoms with Crippen molar-refractivity contribution in [2.45, 2.75) is 51.5 Å². The number of rotatable bonds is 6. The summed E-state index contributed by atoms with van der Waals surface area (Å²) >= 11 is 1.82. The Morgan fingerprint density at radius 1 is 1.29 bits per heavy atom. The highest BCUT2D eigenvalue weighted by Gasteiger charge is 2.24. The van der Waals surface area contributed by atoms with Crippen LogP contribution >= 0.6 is 11.3 Å². The molecule has 2 aromatic rings. The van der Waals surface area contributed by atoms with E-state index in [4.69, 9.17) is 4.98 Å². The van der Waals surface area contributed by atoms with E-state index >= 15 is 0 Å². The summed E-state index contributed by atoms with van der Waals surface area (Å²) in [4.78, 5) is 19.2. The first-order valence-corrected chi connectivity index (χ1v) is 9.88. The fourth-order valence-electron chi connectivity index (χ4n) is 3.37. The van der Waals surface area contributed by atoms with Gasteiger partial charge in [-0.15, -0.1) is 11.3 Å². The van der Waals surface area contributed by atoms with Gasteiger partial charge in [-0.3, -0.25) is 9.69 Å². The lowest BCUT2D eigenvalue weighted by Crippen LogP contribution is -2.44. The van der Waals surface area contributed by atoms with Crippen molar-refractivity contribution in [1.29, 1.82) is 0 Å². The van der Waals surface area contributed by atoms with Crippen LogP contribution in [0.2, 0.25) is 0 Å². The van der Waals surface area contributed by atoms with Crippen LogP contribution in [0, 0.1) is 0 Å². The normalized spacial score (nSPS) is 16.8. The summed E-state index contributed by atoms with van der Waals surface area (Å²) in [7, 11) is 0. The van der Waals surface area contributed by atoms with Crippen LogP contribution in [0.3, 0.4) is 0 Å². The van der Waals surface area contributed by atoms with Gasteiger partial charge in [0.05, 0.1) is 21.8 Å². The third-order valence-electron chi connectivity index (χ3n) is 4.97. The van der Waals surface area contributed by atoms with Crippen LogP contribution in [-0.4, -0.2) is 41.5 Å². The molecule has 1 aliphatic rings. The van der Waals surface area contributed by atoms with Gasteiger partial charge in [0, 0.05) is 12.0 Å². The topological polar surface area (TPSA) is 45.2 Å². The molecule has 5 heteroatoms. The van der Waals surface area contributed by atoms with E-state index in [2.05, 4.69) is 42.3 Å². The average molecular weight is 346 g/mol. The second-order valence-electron chi connectivity index (χ2n) is 6.65. The Morgan fingerprint density at radius 3 is 2.67 bits per heavy atom. The van der Waals surface area contributed by atoms with Gasteiger partial charge in [0.15, 0.2) is 0 Å². The first-order chi connectivity index (χ1) is 11.7. The Bertz CT molecular complexity index is 639. The zero-order valence-corrected chi connectivity index (χ0v) is 15.4. The maximum Gasteiger partial charge on any atom is 0.234 e. The van der Waals surface area contributed by atoms with Crippen LogP contribution < -0.4 is 5.32 Å². The highest BCUT2D eigenvalue weighted by atomic mass is 32.1. The lowest BCUT2D eigenvalue weighted by atomic mass is 9.97. The minimum atomic E-state index is 0.169. The molecule has 0 bridgehead atoms. The summed E-state index contributed by atoms with van der Waals surface area (Å²) in [5.74, 6) is 0.711. The zero-order valence-electron chi connectivity index (χ0n) is 14.6. The number of benzene rings is 1. The number of nitrogens with one attached hydrogen (secondary N) is 1. The smallest absolute Gasteiger partial charge is 0.234 e. The predicted octanol–water partition coefficient (Wildman–Crippen LogP) is 3.78. The summed E-state index contributed by atoms with van der Waals surface area (Å²) in [6, 6.07) is 8.68. The highest BCUT2D eigenvalue weighted by Crippen LogP contribution is 2.33. The molecule has 3 rings (SSSR count). The number of fused-ring (bicyclic) bond motifs is 1. The molecule has 0 unspecified atom stereocenters. The van der Waals surface area contributed by atoms with E-state index < -0.39 is 0 Å². The third-order valence-corrected chi connectivity index (χ3v) is 6.16. The van der Waals surface area contributed by atoms with Gasteiger partial charge < -0.3 is 5.32 Å². The van der Waals surface area contributed by atoms with Gasteiger partial charge >= 0.3 is 0 Å². The fraction of sp³-hybridized carbons (Fsp3) is 0.579. The van der Waals surface area contributed by atoms with E-state index in [0.29, 0.717) is 18.5 Å². The molecule has 1 aromatic heterocycles. The van der Waals surface area contributed by atoms with E-state index in [1.165, 1.54) is 9.71 Å². The van der Waals surface area contributed by atoms with Crippen molar-refractivity contribution in [1.82, 2.24) is 15.2 Å². The minimum Gasteiger partial charge on any atom is -0.352 e. The number of thiazole rings is 1. The summed E-state index contributed by atoms with van der Waals surface area (Å²) in [5, 5.41) is 4.39. The van der Waals surface area contributed by atoms with E-state index in [9.17, 15) is 4.79 Å². The molecule has 0 radical (unpaired) electrons. The van der Waals surface area contributed by atoms with Crippen LogP contribution in [0.5, 0.6) is 0 Å². The predicted molar refractivity (Wildman–Crippen MR) is 101 cm³/mol. The second kappa shape index (κ2) is 8.08. The first kappa shape index (κ1) is 17.4. The Kier molecular flexibility index (Phi) is 5.85. The largest absolute Gasteiger partial charge is 0.352 e. The van der Waals surface area contributed by atoms with Crippen LogP contribution in [0.25, 0.3) is 10.2 Å². The number of likely N-dealkylation sites (tertiary alicyclic amines) is 1. The van der Waals surface area contributed by atoms with E-state index in [-0.39, 0.29) is 5.91 Å². The molecular weight excluding hydrogens is 318 g/mol. The monoisotopic (exact) mass is 345 g/mol. The SMILES string of the molecule is CCC(CC)NC(=O)CN1CCC(c2nc3ccccc3s2)CC1. The summed E-state index contributed by atoms with van der Waals surface area (Å²) in [6.07, 6.45) is 4.19. The molecule has 1 fully saturated rings. The van der Waals surface area contributed by atoms with E-state index in [0.717, 1.165) is 44.3 Å². The van der Waals surface area contributed by atoms with Crippen molar-refractivity contribution in [2.75, 3.05) is 19.6 Å². The molecule has 1 amide bonds. The van der Waals surface area contributed by atoms with Crippen molar-refractivity contribution in [3.05, 3.63) is 29.3 Å². The van der Waals surface area contributed by atoms with Gasteiger partial charge in [-0.1, -0.05) is 26.0 Å². The van der Waals surface area contributed by atoms with Crippen LogP contribution in [0.1, 0.15) is 50.5 Å². The molecule has 130 valence electrons. The summed E-state index contributed by atoms with van der Waals surface area (Å²) in [6.45, 7) is 6.74. The Morgan fingerprint density at radius 2 is 2.00 bits per heavy atom. The maximum atomic E-state index is 12.1. The lowest BCUT2D eigenvalue weighted by Gasteiger charge is -2.30. The fourth-order valence-corrected chi connectivity index (χ4v) is 4.51. The number of carbonyl (C=O) groups is 1. The van der Waals surface area contributed by atoms with E-state index in [1.54, 1.807) is 0 Å². The maximum absolute atomic E-state index is 12.1. The zero-order chi connectivity index (χ0) is 16.9. The second-order valence-corrected chi connectivity index (χ2v) is 7.71. The lowest BCUT2D eigenvalue weighted by molar-refractivity contribution is -0.123. The molecule has 0 aliphatic carbocycles. The highest BCUT2D eigenvalue weighted by molar-refractivity contribution is 7.18. The number of hydrogen-bond donors (Lipinski definition) is 1. The van der Waals surface area contributed by atoms with Gasteiger partial charge in [0.2, 0.25) is 5.91 Å². The number of piperidine rings is 1. The van der Waals surface area contributed by atoms with Crippen LogP contribution in [0.15, 0.2) is 24.3 Å². The molecule has 4 nitrogen and oxygen atoms in total. The Balaban J connectivity index is 1.51.